The Kier molecular flexibility index (Phi) is 2.82. The molecule has 5 rings (SSSR count). The van der Waals surface area contributed by atoms with Crippen molar-refractivity contribution in [1.82, 2.24) is 14.5 Å². The summed E-state index contributed by atoms with van der Waals surface area (Å²) >= 11 is 0. The maximum Gasteiger partial charge on any atom is 0.230 e. The summed E-state index contributed by atoms with van der Waals surface area (Å²) in [4.78, 5) is 8.53. The first-order valence-corrected chi connectivity index (χ1v) is 7.48. The molecule has 0 spiro atoms. The highest BCUT2D eigenvalue weighted by atomic mass is 16.5. The first-order chi connectivity index (χ1) is 10.6. The Morgan fingerprint density at radius 1 is 1.32 bits per heavy atom. The molecule has 0 saturated carbocycles. The molecule has 3 aromatic rings. The summed E-state index contributed by atoms with van der Waals surface area (Å²) in [7, 11) is 2.05. The number of nitrogens with zero attached hydrogens (tertiary/aromatic N) is 3. The van der Waals surface area contributed by atoms with Crippen molar-refractivity contribution in [3.8, 4) is 5.75 Å². The van der Waals surface area contributed by atoms with Gasteiger partial charge in [-0.05, 0) is 37.6 Å². The van der Waals surface area contributed by atoms with E-state index in [0.29, 0.717) is 5.95 Å². The van der Waals surface area contributed by atoms with Gasteiger partial charge in [-0.3, -0.25) is 0 Å². The van der Waals surface area contributed by atoms with E-state index in [-0.39, 0.29) is 6.10 Å². The van der Waals surface area contributed by atoms with Gasteiger partial charge in [-0.25, -0.2) is 4.98 Å². The first-order valence-electron chi connectivity index (χ1n) is 7.48. The SMILES string of the molecule is CC(C)Oc1cc(Cc2cnc3nc2N3)cc2c1ccn2C. The Morgan fingerprint density at radius 2 is 2.14 bits per heavy atom. The van der Waals surface area contributed by atoms with Crippen LogP contribution in [0.5, 0.6) is 5.75 Å². The van der Waals surface area contributed by atoms with Crippen molar-refractivity contribution in [1.29, 1.82) is 0 Å². The van der Waals surface area contributed by atoms with Crippen molar-refractivity contribution in [3.63, 3.8) is 0 Å². The number of anilines is 2. The Balaban J connectivity index is 1.77. The lowest BCUT2D eigenvalue weighted by molar-refractivity contribution is 0.245. The molecule has 112 valence electrons. The Morgan fingerprint density at radius 3 is 2.82 bits per heavy atom. The summed E-state index contributed by atoms with van der Waals surface area (Å²) < 4.78 is 8.12. The third-order valence-corrected chi connectivity index (χ3v) is 3.88. The predicted molar refractivity (Wildman–Crippen MR) is 86.8 cm³/mol. The molecule has 0 saturated heterocycles. The molecule has 0 radical (unpaired) electrons. The van der Waals surface area contributed by atoms with Gasteiger partial charge in [-0.15, -0.1) is 0 Å². The molecule has 2 aliphatic heterocycles. The molecule has 0 aliphatic carbocycles. The van der Waals surface area contributed by atoms with Crippen LogP contribution < -0.4 is 10.1 Å². The Hall–Kier alpha value is -2.56. The van der Waals surface area contributed by atoms with E-state index in [1.807, 2.05) is 20.0 Å². The molecule has 22 heavy (non-hydrogen) atoms. The number of aromatic nitrogens is 3. The van der Waals surface area contributed by atoms with Crippen LogP contribution in [0, 0.1) is 0 Å². The van der Waals surface area contributed by atoms with Gasteiger partial charge >= 0.3 is 0 Å². The lowest BCUT2D eigenvalue weighted by Crippen LogP contribution is -2.13. The van der Waals surface area contributed by atoms with Gasteiger partial charge in [0.15, 0.2) is 0 Å². The number of hydrogen-bond donors (Lipinski definition) is 1. The normalized spacial score (nSPS) is 12.4. The van der Waals surface area contributed by atoms with E-state index >= 15 is 0 Å². The first kappa shape index (κ1) is 13.1. The van der Waals surface area contributed by atoms with Crippen LogP contribution in [0.25, 0.3) is 10.9 Å². The van der Waals surface area contributed by atoms with Gasteiger partial charge in [0.05, 0.1) is 11.6 Å². The van der Waals surface area contributed by atoms with Crippen molar-refractivity contribution in [2.45, 2.75) is 26.4 Å². The van der Waals surface area contributed by atoms with Crippen molar-refractivity contribution >= 4 is 22.7 Å². The number of benzene rings is 1. The summed E-state index contributed by atoms with van der Waals surface area (Å²) in [5.74, 6) is 2.58. The lowest BCUT2D eigenvalue weighted by atomic mass is 10.0. The van der Waals surface area contributed by atoms with Crippen molar-refractivity contribution in [3.05, 3.63) is 41.7 Å². The minimum Gasteiger partial charge on any atom is -0.490 e. The van der Waals surface area contributed by atoms with Gasteiger partial charge in [-0.1, -0.05) is 0 Å². The maximum absolute atomic E-state index is 6.00. The quantitative estimate of drug-likeness (QED) is 0.626. The van der Waals surface area contributed by atoms with E-state index in [0.717, 1.165) is 28.9 Å². The summed E-state index contributed by atoms with van der Waals surface area (Å²) in [6, 6.07) is 6.44. The van der Waals surface area contributed by atoms with Crippen LogP contribution in [0.15, 0.2) is 30.6 Å². The standard InChI is InChI=1S/C17H18N4O/c1-10(2)22-15-8-11(7-14-13(15)4-5-21(14)3)6-12-9-18-17-19-16(12)20-17/h4-5,7-10H,6H2,1-3H3,(H,18,19,20). The van der Waals surface area contributed by atoms with Crippen molar-refractivity contribution < 1.29 is 4.74 Å². The molecule has 1 N–H and O–H groups in total. The average molecular weight is 294 g/mol. The highest BCUT2D eigenvalue weighted by molar-refractivity contribution is 5.87. The summed E-state index contributed by atoms with van der Waals surface area (Å²) in [6.07, 6.45) is 4.90. The van der Waals surface area contributed by atoms with E-state index in [1.165, 1.54) is 11.1 Å². The van der Waals surface area contributed by atoms with Crippen LogP contribution in [0.1, 0.15) is 25.0 Å². The van der Waals surface area contributed by atoms with Gasteiger partial charge in [0.2, 0.25) is 5.95 Å². The highest BCUT2D eigenvalue weighted by Crippen LogP contribution is 2.32. The largest absolute Gasteiger partial charge is 0.490 e. The fraction of sp³-hybridized carbons (Fsp3) is 0.294. The molecule has 0 fully saturated rings. The number of ether oxygens (including phenoxy) is 1. The van der Waals surface area contributed by atoms with Gasteiger partial charge < -0.3 is 14.6 Å². The zero-order valence-electron chi connectivity index (χ0n) is 12.9. The third kappa shape index (κ3) is 2.09. The highest BCUT2D eigenvalue weighted by Gasteiger charge is 2.17. The molecular formula is C17H18N4O. The van der Waals surface area contributed by atoms with E-state index in [4.69, 9.17) is 4.74 Å². The summed E-state index contributed by atoms with van der Waals surface area (Å²) in [5, 5.41) is 4.29. The lowest BCUT2D eigenvalue weighted by Gasteiger charge is -2.19. The molecule has 0 unspecified atom stereocenters. The second kappa shape index (κ2) is 4.73. The Labute approximate surface area is 129 Å². The zero-order chi connectivity index (χ0) is 15.3. The van der Waals surface area contributed by atoms with Gasteiger partial charge in [-0.2, -0.15) is 4.98 Å². The summed E-state index contributed by atoms with van der Waals surface area (Å²) in [6.45, 7) is 4.10. The summed E-state index contributed by atoms with van der Waals surface area (Å²) in [5.41, 5.74) is 3.49. The molecule has 2 bridgehead atoms. The molecule has 0 atom stereocenters. The van der Waals surface area contributed by atoms with Crippen LogP contribution in [0.3, 0.4) is 0 Å². The van der Waals surface area contributed by atoms with E-state index in [1.54, 1.807) is 0 Å². The number of aryl methyl sites for hydroxylation is 1. The number of nitrogens with one attached hydrogen (secondary N) is 1. The fourth-order valence-electron chi connectivity index (χ4n) is 2.82. The molecule has 5 nitrogen and oxygen atoms in total. The van der Waals surface area contributed by atoms with Crippen LogP contribution in [0.2, 0.25) is 0 Å². The number of hydrogen-bond acceptors (Lipinski definition) is 4. The average Bonchev–Trinajstić information content (AvgIpc) is 2.80. The van der Waals surface area contributed by atoms with Gasteiger partial charge in [0.25, 0.3) is 0 Å². The second-order valence-corrected chi connectivity index (χ2v) is 5.99. The van der Waals surface area contributed by atoms with Crippen LogP contribution in [0.4, 0.5) is 11.8 Å². The van der Waals surface area contributed by atoms with Gasteiger partial charge in [0, 0.05) is 36.8 Å². The van der Waals surface area contributed by atoms with E-state index < -0.39 is 0 Å². The molecule has 2 aliphatic rings. The molecule has 4 heterocycles. The van der Waals surface area contributed by atoms with Gasteiger partial charge in [0.1, 0.15) is 11.6 Å². The minimum absolute atomic E-state index is 0.150. The van der Waals surface area contributed by atoms with Crippen LogP contribution >= 0.6 is 0 Å². The van der Waals surface area contributed by atoms with E-state index in [9.17, 15) is 0 Å². The second-order valence-electron chi connectivity index (χ2n) is 5.99. The number of fused-ring (bicyclic) bond motifs is 3. The smallest absolute Gasteiger partial charge is 0.230 e. The molecule has 5 heteroatoms. The topological polar surface area (TPSA) is 52.0 Å². The van der Waals surface area contributed by atoms with Crippen molar-refractivity contribution in [2.75, 3.05) is 5.32 Å². The van der Waals surface area contributed by atoms with Crippen LogP contribution in [-0.4, -0.2) is 20.6 Å². The molecule has 0 amide bonds. The molecule has 1 aromatic carbocycles. The number of rotatable bonds is 4. The van der Waals surface area contributed by atoms with Crippen LogP contribution in [-0.2, 0) is 13.5 Å². The zero-order valence-corrected chi connectivity index (χ0v) is 12.9. The third-order valence-electron chi connectivity index (χ3n) is 3.88. The monoisotopic (exact) mass is 294 g/mol. The minimum atomic E-state index is 0.150. The fourth-order valence-corrected chi connectivity index (χ4v) is 2.82. The predicted octanol–water partition coefficient (Wildman–Crippen LogP) is 3.40. The maximum atomic E-state index is 6.00. The molecular weight excluding hydrogens is 276 g/mol. The van der Waals surface area contributed by atoms with E-state index in [2.05, 4.69) is 51.3 Å². The Bertz CT molecular complexity index is 863. The van der Waals surface area contributed by atoms with Crippen molar-refractivity contribution in [2.24, 2.45) is 7.05 Å². The molecule has 2 aromatic heterocycles.